The Labute approximate surface area is 118 Å². The maximum atomic E-state index is 9.19. The number of nitrogens with zero attached hydrogens (tertiary/aromatic N) is 4. The van der Waals surface area contributed by atoms with E-state index in [0.717, 1.165) is 23.9 Å². The zero-order valence-corrected chi connectivity index (χ0v) is 11.9. The summed E-state index contributed by atoms with van der Waals surface area (Å²) in [6.07, 6.45) is 0. The van der Waals surface area contributed by atoms with Gasteiger partial charge in [-0.05, 0) is 26.0 Å². The van der Waals surface area contributed by atoms with E-state index in [1.807, 2.05) is 50.1 Å². The van der Waals surface area contributed by atoms with Crippen LogP contribution in [0.25, 0.3) is 0 Å². The van der Waals surface area contributed by atoms with Crippen LogP contribution in [0.3, 0.4) is 0 Å². The summed E-state index contributed by atoms with van der Waals surface area (Å²) in [5.41, 5.74) is 1.45. The van der Waals surface area contributed by atoms with Gasteiger partial charge in [-0.1, -0.05) is 12.1 Å². The Kier molecular flexibility index (Phi) is 4.16. The summed E-state index contributed by atoms with van der Waals surface area (Å²) in [4.78, 5) is 10.7. The average Bonchev–Trinajstić information content (AvgIpc) is 2.46. The third-order valence-electron chi connectivity index (χ3n) is 2.91. The van der Waals surface area contributed by atoms with Gasteiger partial charge in [0.15, 0.2) is 0 Å². The van der Waals surface area contributed by atoms with E-state index in [-0.39, 0.29) is 0 Å². The third kappa shape index (κ3) is 2.86. The Morgan fingerprint density at radius 3 is 2.75 bits per heavy atom. The molecule has 0 unspecified atom stereocenters. The molecule has 0 bridgehead atoms. The second-order valence-electron chi connectivity index (χ2n) is 4.38. The SMILES string of the molecule is CCNc1cc(N(C)c2ccccc2C#N)nc(C)n1. The molecule has 2 rings (SSSR count). The molecule has 0 saturated heterocycles. The zero-order chi connectivity index (χ0) is 14.5. The van der Waals surface area contributed by atoms with Crippen LogP contribution in [-0.4, -0.2) is 23.6 Å². The lowest BCUT2D eigenvalue weighted by Crippen LogP contribution is -2.14. The van der Waals surface area contributed by atoms with Crippen molar-refractivity contribution >= 4 is 17.3 Å². The van der Waals surface area contributed by atoms with Gasteiger partial charge in [0.2, 0.25) is 0 Å². The van der Waals surface area contributed by atoms with E-state index in [1.54, 1.807) is 6.07 Å². The molecule has 5 heteroatoms. The number of anilines is 3. The van der Waals surface area contributed by atoms with Crippen LogP contribution < -0.4 is 10.2 Å². The Morgan fingerprint density at radius 2 is 2.05 bits per heavy atom. The summed E-state index contributed by atoms with van der Waals surface area (Å²) in [6, 6.07) is 11.5. The summed E-state index contributed by atoms with van der Waals surface area (Å²) in [6.45, 7) is 4.68. The molecule has 1 aromatic carbocycles. The molecule has 0 aliphatic rings. The molecule has 0 fully saturated rings. The fourth-order valence-electron chi connectivity index (χ4n) is 1.98. The maximum absolute atomic E-state index is 9.19. The van der Waals surface area contributed by atoms with Crippen LogP contribution in [0.4, 0.5) is 17.3 Å². The fourth-order valence-corrected chi connectivity index (χ4v) is 1.98. The summed E-state index contributed by atoms with van der Waals surface area (Å²) in [7, 11) is 1.90. The first-order chi connectivity index (χ1) is 9.65. The van der Waals surface area contributed by atoms with Gasteiger partial charge >= 0.3 is 0 Å². The highest BCUT2D eigenvalue weighted by atomic mass is 15.2. The highest BCUT2D eigenvalue weighted by molar-refractivity contribution is 5.67. The first kappa shape index (κ1) is 13.8. The van der Waals surface area contributed by atoms with E-state index < -0.39 is 0 Å². The smallest absolute Gasteiger partial charge is 0.138 e. The first-order valence-corrected chi connectivity index (χ1v) is 6.48. The van der Waals surface area contributed by atoms with Crippen molar-refractivity contribution in [3.8, 4) is 6.07 Å². The Bertz CT molecular complexity index is 645. The number of benzene rings is 1. The van der Waals surface area contributed by atoms with E-state index in [4.69, 9.17) is 0 Å². The Hall–Kier alpha value is -2.61. The highest BCUT2D eigenvalue weighted by Crippen LogP contribution is 2.26. The number of hydrogen-bond donors (Lipinski definition) is 1. The molecule has 1 heterocycles. The second-order valence-corrected chi connectivity index (χ2v) is 4.38. The molecule has 5 nitrogen and oxygen atoms in total. The van der Waals surface area contributed by atoms with E-state index in [1.165, 1.54) is 0 Å². The van der Waals surface area contributed by atoms with E-state index in [9.17, 15) is 5.26 Å². The predicted octanol–water partition coefficient (Wildman–Crippen LogP) is 2.86. The lowest BCUT2D eigenvalue weighted by Gasteiger charge is -2.20. The molecule has 0 spiro atoms. The monoisotopic (exact) mass is 267 g/mol. The van der Waals surface area contributed by atoms with Crippen LogP contribution in [0.5, 0.6) is 0 Å². The number of nitrogens with one attached hydrogen (secondary N) is 1. The molecule has 102 valence electrons. The standard InChI is InChI=1S/C15H17N5/c1-4-17-14-9-15(19-11(2)18-14)20(3)13-8-6-5-7-12(13)10-16/h5-9H,4H2,1-3H3,(H,17,18,19). The molecule has 0 atom stereocenters. The van der Waals surface area contributed by atoms with Crippen LogP contribution in [0.1, 0.15) is 18.3 Å². The molecule has 0 radical (unpaired) electrons. The van der Waals surface area contributed by atoms with Crippen molar-refractivity contribution < 1.29 is 0 Å². The normalized spacial score (nSPS) is 9.90. The summed E-state index contributed by atoms with van der Waals surface area (Å²) in [5, 5.41) is 12.4. The van der Waals surface area contributed by atoms with Gasteiger partial charge in [0.1, 0.15) is 23.5 Å². The van der Waals surface area contributed by atoms with Crippen molar-refractivity contribution in [2.75, 3.05) is 23.8 Å². The average molecular weight is 267 g/mol. The van der Waals surface area contributed by atoms with Crippen molar-refractivity contribution in [2.45, 2.75) is 13.8 Å². The van der Waals surface area contributed by atoms with E-state index in [0.29, 0.717) is 11.4 Å². The number of rotatable bonds is 4. The molecule has 1 aromatic heterocycles. The van der Waals surface area contributed by atoms with Crippen LogP contribution in [-0.2, 0) is 0 Å². The molecule has 0 aliphatic heterocycles. The molecule has 0 aliphatic carbocycles. The molecule has 1 N–H and O–H groups in total. The minimum absolute atomic E-state index is 0.622. The maximum Gasteiger partial charge on any atom is 0.138 e. The Morgan fingerprint density at radius 1 is 1.30 bits per heavy atom. The van der Waals surface area contributed by atoms with Gasteiger partial charge in [-0.25, -0.2) is 9.97 Å². The molecular formula is C15H17N5. The second kappa shape index (κ2) is 6.02. The van der Waals surface area contributed by atoms with Crippen molar-refractivity contribution in [3.63, 3.8) is 0 Å². The largest absolute Gasteiger partial charge is 0.370 e. The van der Waals surface area contributed by atoms with Gasteiger partial charge in [0.05, 0.1) is 11.3 Å². The summed E-state index contributed by atoms with van der Waals surface area (Å²) in [5.74, 6) is 2.24. The predicted molar refractivity (Wildman–Crippen MR) is 80.2 cm³/mol. The van der Waals surface area contributed by atoms with Crippen molar-refractivity contribution in [1.29, 1.82) is 5.26 Å². The number of para-hydroxylation sites is 1. The summed E-state index contributed by atoms with van der Waals surface area (Å²) < 4.78 is 0. The highest BCUT2D eigenvalue weighted by Gasteiger charge is 2.11. The topological polar surface area (TPSA) is 64.8 Å². The van der Waals surface area contributed by atoms with Gasteiger partial charge in [-0.2, -0.15) is 5.26 Å². The van der Waals surface area contributed by atoms with Gasteiger partial charge < -0.3 is 10.2 Å². The molecule has 20 heavy (non-hydrogen) atoms. The van der Waals surface area contributed by atoms with Crippen LogP contribution in [0, 0.1) is 18.3 Å². The zero-order valence-electron chi connectivity index (χ0n) is 11.9. The van der Waals surface area contributed by atoms with Gasteiger partial charge in [-0.3, -0.25) is 0 Å². The minimum Gasteiger partial charge on any atom is -0.370 e. The fraction of sp³-hybridized carbons (Fsp3) is 0.267. The lowest BCUT2D eigenvalue weighted by molar-refractivity contribution is 1.00. The number of aromatic nitrogens is 2. The molecule has 0 amide bonds. The van der Waals surface area contributed by atoms with Crippen molar-refractivity contribution in [2.24, 2.45) is 0 Å². The van der Waals surface area contributed by atoms with Crippen LogP contribution in [0.15, 0.2) is 30.3 Å². The third-order valence-corrected chi connectivity index (χ3v) is 2.91. The quantitative estimate of drug-likeness (QED) is 0.922. The van der Waals surface area contributed by atoms with Crippen molar-refractivity contribution in [1.82, 2.24) is 9.97 Å². The Balaban J connectivity index is 2.43. The van der Waals surface area contributed by atoms with Gasteiger partial charge in [0, 0.05) is 19.7 Å². The lowest BCUT2D eigenvalue weighted by atomic mass is 10.2. The van der Waals surface area contributed by atoms with Gasteiger partial charge in [-0.15, -0.1) is 0 Å². The number of aryl methyl sites for hydroxylation is 1. The molecule has 2 aromatic rings. The van der Waals surface area contributed by atoms with Crippen LogP contribution in [0.2, 0.25) is 0 Å². The van der Waals surface area contributed by atoms with E-state index >= 15 is 0 Å². The first-order valence-electron chi connectivity index (χ1n) is 6.48. The minimum atomic E-state index is 0.622. The van der Waals surface area contributed by atoms with Crippen LogP contribution >= 0.6 is 0 Å². The molecule has 0 saturated carbocycles. The number of hydrogen-bond acceptors (Lipinski definition) is 5. The molecular weight excluding hydrogens is 250 g/mol. The van der Waals surface area contributed by atoms with Crippen molar-refractivity contribution in [3.05, 3.63) is 41.7 Å². The van der Waals surface area contributed by atoms with Gasteiger partial charge in [0.25, 0.3) is 0 Å². The summed E-state index contributed by atoms with van der Waals surface area (Å²) >= 11 is 0. The van der Waals surface area contributed by atoms with E-state index in [2.05, 4.69) is 21.4 Å². The number of nitriles is 1.